The zero-order chi connectivity index (χ0) is 28.7. The summed E-state index contributed by atoms with van der Waals surface area (Å²) in [6.07, 6.45) is -1.41. The number of alkyl halides is 4. The van der Waals surface area contributed by atoms with E-state index in [4.69, 9.17) is 4.74 Å². The van der Waals surface area contributed by atoms with Crippen molar-refractivity contribution in [3.63, 3.8) is 0 Å². The molecular formula is C30H34F4N2O4. The Morgan fingerprint density at radius 3 is 2.73 bits per heavy atom. The van der Waals surface area contributed by atoms with Crippen LogP contribution >= 0.6 is 0 Å². The van der Waals surface area contributed by atoms with E-state index in [0.717, 1.165) is 18.5 Å². The largest absolute Gasteiger partial charge is 0.573 e. The van der Waals surface area contributed by atoms with Crippen LogP contribution in [0.3, 0.4) is 0 Å². The number of nitrogens with zero attached hydrogens (tertiary/aromatic N) is 2. The van der Waals surface area contributed by atoms with Crippen molar-refractivity contribution in [1.82, 2.24) is 9.88 Å². The van der Waals surface area contributed by atoms with Gasteiger partial charge in [-0.15, -0.1) is 13.2 Å². The van der Waals surface area contributed by atoms with Crippen LogP contribution in [0.5, 0.6) is 11.5 Å². The van der Waals surface area contributed by atoms with Crippen molar-refractivity contribution in [2.75, 3.05) is 26.7 Å². The van der Waals surface area contributed by atoms with E-state index in [1.54, 1.807) is 43.6 Å². The first-order valence-electron chi connectivity index (χ1n) is 13.5. The van der Waals surface area contributed by atoms with Gasteiger partial charge in [-0.1, -0.05) is 12.1 Å². The monoisotopic (exact) mass is 562 g/mol. The highest BCUT2D eigenvalue weighted by Gasteiger charge is 2.32. The number of piperidine rings is 1. The molecule has 0 spiro atoms. The van der Waals surface area contributed by atoms with Crippen molar-refractivity contribution in [3.05, 3.63) is 65.9 Å². The van der Waals surface area contributed by atoms with Gasteiger partial charge in [-0.05, 0) is 105 Å². The molecule has 0 radical (unpaired) electrons. The zero-order valence-corrected chi connectivity index (χ0v) is 22.4. The summed E-state index contributed by atoms with van der Waals surface area (Å²) >= 11 is 0. The maximum atomic E-state index is 15.5. The number of halogens is 4. The van der Waals surface area contributed by atoms with Crippen molar-refractivity contribution in [3.8, 4) is 11.5 Å². The van der Waals surface area contributed by atoms with Gasteiger partial charge in [-0.3, -0.25) is 9.78 Å². The number of hydrogen-bond donors (Lipinski definition) is 1. The summed E-state index contributed by atoms with van der Waals surface area (Å²) < 4.78 is 62.3. The zero-order valence-electron chi connectivity index (χ0n) is 22.4. The molecule has 1 aliphatic heterocycles. The second kappa shape index (κ2) is 13.3. The summed E-state index contributed by atoms with van der Waals surface area (Å²) in [5.41, 5.74) is 1.99. The Hall–Kier alpha value is -3.40. The molecule has 1 aliphatic rings. The number of rotatable bonds is 12. The van der Waals surface area contributed by atoms with Crippen LogP contribution in [-0.4, -0.2) is 54.1 Å². The molecule has 3 aromatic rings. The van der Waals surface area contributed by atoms with Crippen LogP contribution in [0.1, 0.15) is 49.4 Å². The van der Waals surface area contributed by atoms with Gasteiger partial charge in [0.15, 0.2) is 0 Å². The smallest absolute Gasteiger partial charge is 0.497 e. The van der Waals surface area contributed by atoms with E-state index in [9.17, 15) is 23.1 Å². The fourth-order valence-electron chi connectivity index (χ4n) is 5.66. The average Bonchev–Trinajstić information content (AvgIpc) is 2.90. The molecule has 216 valence electrons. The van der Waals surface area contributed by atoms with Crippen molar-refractivity contribution in [2.24, 2.45) is 11.8 Å². The third-order valence-electron chi connectivity index (χ3n) is 7.59. The number of benzene rings is 2. The fraction of sp³-hybridized carbons (Fsp3) is 0.467. The number of likely N-dealkylation sites (tertiary alicyclic amines) is 1. The summed E-state index contributed by atoms with van der Waals surface area (Å²) in [4.78, 5) is 18.1. The molecule has 0 bridgehead atoms. The third kappa shape index (κ3) is 8.30. The predicted octanol–water partition coefficient (Wildman–Crippen LogP) is 6.98. The third-order valence-corrected chi connectivity index (χ3v) is 7.59. The van der Waals surface area contributed by atoms with Gasteiger partial charge in [-0.25, -0.2) is 4.39 Å². The molecule has 6 nitrogen and oxygen atoms in total. The number of aryl methyl sites for hydroxylation is 1. The number of ether oxygens (including phenoxy) is 2. The van der Waals surface area contributed by atoms with Crippen molar-refractivity contribution in [2.45, 2.75) is 51.1 Å². The summed E-state index contributed by atoms with van der Waals surface area (Å²) in [5.74, 6) is -0.495. The van der Waals surface area contributed by atoms with Gasteiger partial charge >= 0.3 is 12.3 Å². The Kier molecular flexibility index (Phi) is 9.84. The minimum atomic E-state index is -4.73. The molecule has 0 aliphatic carbocycles. The number of pyridine rings is 1. The maximum Gasteiger partial charge on any atom is 0.573 e. The van der Waals surface area contributed by atoms with Gasteiger partial charge < -0.3 is 19.5 Å². The van der Waals surface area contributed by atoms with E-state index in [1.807, 2.05) is 0 Å². The predicted molar refractivity (Wildman–Crippen MR) is 143 cm³/mol. The molecule has 4 rings (SSSR count). The first kappa shape index (κ1) is 29.6. The van der Waals surface area contributed by atoms with Gasteiger partial charge in [0.1, 0.15) is 17.7 Å². The van der Waals surface area contributed by atoms with E-state index in [0.29, 0.717) is 54.6 Å². The van der Waals surface area contributed by atoms with Gasteiger partial charge in [0.05, 0.1) is 12.6 Å². The number of hydrogen-bond acceptors (Lipinski definition) is 5. The summed E-state index contributed by atoms with van der Waals surface area (Å²) in [7, 11) is 1.56. The molecule has 40 heavy (non-hydrogen) atoms. The lowest BCUT2D eigenvalue weighted by atomic mass is 9.79. The van der Waals surface area contributed by atoms with Crippen LogP contribution in [0, 0.1) is 11.8 Å². The number of carbonyl (C=O) groups is 1. The van der Waals surface area contributed by atoms with Gasteiger partial charge in [0.2, 0.25) is 0 Å². The Morgan fingerprint density at radius 2 is 1.98 bits per heavy atom. The highest BCUT2D eigenvalue weighted by molar-refractivity contribution is 5.83. The minimum Gasteiger partial charge on any atom is -0.497 e. The number of carboxylic acid groups (broad SMARTS) is 1. The summed E-state index contributed by atoms with van der Waals surface area (Å²) in [6.45, 7) is 2.06. The fourth-order valence-corrected chi connectivity index (χ4v) is 5.66. The number of aliphatic carboxylic acids is 1. The Balaban J connectivity index is 1.32. The molecule has 2 heterocycles. The lowest BCUT2D eigenvalue weighted by Crippen LogP contribution is -2.42. The van der Waals surface area contributed by atoms with Crippen LogP contribution in [0.25, 0.3) is 10.9 Å². The van der Waals surface area contributed by atoms with Crippen LogP contribution in [0.2, 0.25) is 0 Å². The first-order chi connectivity index (χ1) is 19.1. The van der Waals surface area contributed by atoms with Crippen LogP contribution in [0.15, 0.2) is 54.7 Å². The van der Waals surface area contributed by atoms with Crippen molar-refractivity contribution in [1.29, 1.82) is 0 Å². The number of carboxylic acids is 1. The molecule has 3 atom stereocenters. The summed E-state index contributed by atoms with van der Waals surface area (Å²) in [6, 6.07) is 13.0. The Bertz CT molecular complexity index is 1290. The second-order valence-corrected chi connectivity index (χ2v) is 10.3. The maximum absolute atomic E-state index is 15.5. The lowest BCUT2D eigenvalue weighted by molar-refractivity contribution is -0.274. The molecular weight excluding hydrogens is 528 g/mol. The number of aromatic nitrogens is 1. The Labute approximate surface area is 230 Å². The van der Waals surface area contributed by atoms with Crippen LogP contribution in [-0.2, 0) is 11.2 Å². The van der Waals surface area contributed by atoms with Crippen LogP contribution < -0.4 is 9.47 Å². The molecule has 1 aromatic heterocycles. The molecule has 2 aromatic carbocycles. The topological polar surface area (TPSA) is 71.9 Å². The standard InChI is InChI=1S/C30H34F4N2O4/c1-39-23-8-10-28-26(18-23)25(11-13-35-28)27(31)9-7-21-12-15-36(19-22(21)17-29(37)38)14-3-5-20-4-2-6-24(16-20)40-30(32,33)34/h2,4,6,8,10-11,13,16,18,21-22,27H,3,5,7,9,12,14-15,17,19H2,1H3,(H,37,38)/t21-,22+,27?/m1/s1. The molecule has 1 N–H and O–H groups in total. The van der Waals surface area contributed by atoms with Crippen molar-refractivity contribution < 1.29 is 36.9 Å². The SMILES string of the molecule is COc1ccc2nccc(C(F)CC[C@@H]3CCN(CCCc4cccc(OC(F)(F)F)c4)C[C@@H]3CC(=O)O)c2c1. The van der Waals surface area contributed by atoms with E-state index >= 15 is 4.39 Å². The van der Waals surface area contributed by atoms with E-state index in [1.165, 1.54) is 18.2 Å². The molecule has 1 fully saturated rings. The number of fused-ring (bicyclic) bond motifs is 1. The molecule has 0 amide bonds. The average molecular weight is 563 g/mol. The second-order valence-electron chi connectivity index (χ2n) is 10.3. The van der Waals surface area contributed by atoms with Gasteiger partial charge in [0, 0.05) is 24.5 Å². The van der Waals surface area contributed by atoms with Crippen molar-refractivity contribution >= 4 is 16.9 Å². The highest BCUT2D eigenvalue weighted by Crippen LogP contribution is 2.36. The van der Waals surface area contributed by atoms with E-state index < -0.39 is 18.5 Å². The lowest BCUT2D eigenvalue weighted by Gasteiger charge is -2.38. The summed E-state index contributed by atoms with van der Waals surface area (Å²) in [5, 5.41) is 10.2. The molecule has 1 unspecified atom stereocenters. The first-order valence-corrected chi connectivity index (χ1v) is 13.5. The van der Waals surface area contributed by atoms with E-state index in [2.05, 4.69) is 14.6 Å². The van der Waals surface area contributed by atoms with E-state index in [-0.39, 0.29) is 30.4 Å². The molecule has 0 saturated carbocycles. The minimum absolute atomic E-state index is 0.0182. The Morgan fingerprint density at radius 1 is 1.15 bits per heavy atom. The quantitative estimate of drug-likeness (QED) is 0.240. The molecule has 10 heteroatoms. The van der Waals surface area contributed by atoms with Crippen LogP contribution in [0.4, 0.5) is 17.6 Å². The number of methoxy groups -OCH3 is 1. The highest BCUT2D eigenvalue weighted by atomic mass is 19.4. The van der Waals surface area contributed by atoms with Gasteiger partial charge in [-0.2, -0.15) is 0 Å². The molecule has 1 saturated heterocycles. The normalized spacial score (nSPS) is 18.9. The van der Waals surface area contributed by atoms with Gasteiger partial charge in [0.25, 0.3) is 0 Å².